The van der Waals surface area contributed by atoms with Gasteiger partial charge in [0, 0.05) is 23.5 Å². The molecule has 0 aliphatic rings. The van der Waals surface area contributed by atoms with Crippen molar-refractivity contribution in [3.05, 3.63) is 36.0 Å². The number of aliphatic hydroxyl groups is 1. The molecule has 14 N–H and O–H groups in total. The molecule has 6 atom stereocenters. The number of nitrogens with two attached hydrogens (primary N) is 2. The number of fused-ring (bicyclic) bond motifs is 1. The van der Waals surface area contributed by atoms with Gasteiger partial charge in [-0.1, -0.05) is 18.2 Å². The Balaban J connectivity index is 2.17. The van der Waals surface area contributed by atoms with E-state index >= 15 is 0 Å². The zero-order chi connectivity index (χ0) is 39.0. The summed E-state index contributed by atoms with van der Waals surface area (Å²) >= 11 is 0. The van der Waals surface area contributed by atoms with Crippen LogP contribution >= 0.6 is 0 Å². The highest BCUT2D eigenvalue weighted by atomic mass is 16.4. The predicted octanol–water partition coefficient (Wildman–Crippen LogP) is -4.57. The van der Waals surface area contributed by atoms with Crippen LogP contribution in [0.25, 0.3) is 10.9 Å². The maximum absolute atomic E-state index is 13.3. The summed E-state index contributed by atoms with van der Waals surface area (Å²) in [6.07, 6.45) is -1.39. The number of carboxylic acids is 2. The SMILES string of the molecule is CC(O)C(NC(=O)C(CC(=O)O)NC(=O)C(CC(N)=O)NC(=O)C(Cc1c[nH]c2ccccc12)NC=O)C(=O)NCC(=O)NC(CCCN)C(=O)O. The molecule has 0 saturated heterocycles. The summed E-state index contributed by atoms with van der Waals surface area (Å²) in [5, 5.41) is 42.7. The van der Waals surface area contributed by atoms with Crippen molar-refractivity contribution in [1.82, 2.24) is 36.9 Å². The number of benzene rings is 1. The van der Waals surface area contributed by atoms with Crippen LogP contribution in [-0.2, 0) is 49.6 Å². The fraction of sp³-hybridized carbons (Fsp3) is 0.452. The molecule has 52 heavy (non-hydrogen) atoms. The normalized spacial score (nSPS) is 14.3. The Kier molecular flexibility index (Phi) is 16.6. The number of nitrogens with one attached hydrogen (secondary N) is 7. The number of carbonyl (C=O) groups excluding carboxylic acids is 7. The van der Waals surface area contributed by atoms with Crippen LogP contribution in [0.2, 0.25) is 0 Å². The number of amides is 7. The second kappa shape index (κ2) is 20.6. The minimum absolute atomic E-state index is 0.0137. The third-order valence-corrected chi connectivity index (χ3v) is 7.55. The van der Waals surface area contributed by atoms with Crippen LogP contribution in [0.15, 0.2) is 30.5 Å². The molecule has 2 rings (SSSR count). The summed E-state index contributed by atoms with van der Waals surface area (Å²) in [5.41, 5.74) is 12.0. The van der Waals surface area contributed by atoms with E-state index in [0.717, 1.165) is 17.8 Å². The first-order valence-electron chi connectivity index (χ1n) is 15.9. The van der Waals surface area contributed by atoms with Crippen LogP contribution in [0.5, 0.6) is 0 Å². The Labute approximate surface area is 296 Å². The average molecular weight is 734 g/mol. The molecule has 0 spiro atoms. The molecular formula is C31H43N9O12. The lowest BCUT2D eigenvalue weighted by Gasteiger charge is -2.26. The Bertz CT molecular complexity index is 1630. The highest BCUT2D eigenvalue weighted by Crippen LogP contribution is 2.19. The second-order valence-electron chi connectivity index (χ2n) is 11.6. The van der Waals surface area contributed by atoms with Crippen molar-refractivity contribution in [3.63, 3.8) is 0 Å². The summed E-state index contributed by atoms with van der Waals surface area (Å²) in [6, 6.07) is -0.947. The van der Waals surface area contributed by atoms with E-state index in [1.807, 2.05) is 0 Å². The fourth-order valence-corrected chi connectivity index (χ4v) is 4.93. The molecular weight excluding hydrogens is 690 g/mol. The third kappa shape index (κ3) is 13.3. The quantitative estimate of drug-likeness (QED) is 0.0479. The standard InChI is InChI=1S/C31H43N9O12/c1-15(42)26(30(50)35-13-24(44)37-19(31(51)52)7-4-8-32)40-29(49)22(11-25(45)46)39-28(48)21(10-23(33)43)38-27(47)20(36-14-41)9-16-12-34-18-6-3-2-5-17(16)18/h2-3,5-6,12,14-15,19-22,26,34,42H,4,7-11,13,32H2,1H3,(H2,33,43)(H,35,50)(H,36,41)(H,37,44)(H,38,47)(H,39,48)(H,40,49)(H,45,46)(H,51,52). The van der Waals surface area contributed by atoms with E-state index in [1.54, 1.807) is 30.5 Å². The first kappa shape index (κ1) is 42.1. The van der Waals surface area contributed by atoms with E-state index in [2.05, 4.69) is 36.9 Å². The Morgan fingerprint density at radius 2 is 1.46 bits per heavy atom. The molecule has 21 heteroatoms. The molecule has 1 aromatic carbocycles. The first-order valence-corrected chi connectivity index (χ1v) is 15.9. The lowest BCUT2D eigenvalue weighted by atomic mass is 10.0. The van der Waals surface area contributed by atoms with E-state index < -0.39 is 103 Å². The maximum Gasteiger partial charge on any atom is 0.326 e. The number of H-pyrrole nitrogens is 1. The number of carbonyl (C=O) groups is 9. The van der Waals surface area contributed by atoms with Gasteiger partial charge < -0.3 is 63.7 Å². The molecule has 1 aromatic heterocycles. The van der Waals surface area contributed by atoms with Crippen LogP contribution in [0.1, 0.15) is 38.2 Å². The van der Waals surface area contributed by atoms with Crippen molar-refractivity contribution < 1.29 is 58.5 Å². The van der Waals surface area contributed by atoms with Crippen molar-refractivity contribution in [2.24, 2.45) is 11.5 Å². The van der Waals surface area contributed by atoms with Gasteiger partial charge in [-0.25, -0.2) is 4.79 Å². The lowest BCUT2D eigenvalue weighted by Crippen LogP contribution is -2.60. The van der Waals surface area contributed by atoms with Crippen molar-refractivity contribution in [2.75, 3.05) is 13.1 Å². The molecule has 0 aliphatic carbocycles. The van der Waals surface area contributed by atoms with Crippen LogP contribution in [-0.4, -0.2) is 123 Å². The van der Waals surface area contributed by atoms with Crippen molar-refractivity contribution >= 4 is 64.7 Å². The summed E-state index contributed by atoms with van der Waals surface area (Å²) in [5.74, 6) is -9.51. The highest BCUT2D eigenvalue weighted by Gasteiger charge is 2.34. The Morgan fingerprint density at radius 3 is 2.04 bits per heavy atom. The van der Waals surface area contributed by atoms with E-state index in [4.69, 9.17) is 11.5 Å². The Morgan fingerprint density at radius 1 is 0.846 bits per heavy atom. The van der Waals surface area contributed by atoms with E-state index in [9.17, 15) is 58.5 Å². The molecule has 284 valence electrons. The minimum Gasteiger partial charge on any atom is -0.481 e. The van der Waals surface area contributed by atoms with Crippen molar-refractivity contribution in [2.45, 2.75) is 75.3 Å². The summed E-state index contributed by atoms with van der Waals surface area (Å²) in [7, 11) is 0. The van der Waals surface area contributed by atoms with Gasteiger partial charge >= 0.3 is 11.9 Å². The van der Waals surface area contributed by atoms with Gasteiger partial charge in [0.05, 0.1) is 25.5 Å². The van der Waals surface area contributed by atoms with Crippen LogP contribution in [0.4, 0.5) is 0 Å². The van der Waals surface area contributed by atoms with Crippen LogP contribution in [0.3, 0.4) is 0 Å². The second-order valence-corrected chi connectivity index (χ2v) is 11.6. The number of carboxylic acid groups (broad SMARTS) is 2. The molecule has 2 aromatic rings. The lowest BCUT2D eigenvalue weighted by molar-refractivity contribution is -0.142. The summed E-state index contributed by atoms with van der Waals surface area (Å²) in [4.78, 5) is 114. The molecule has 0 bridgehead atoms. The molecule has 0 saturated carbocycles. The molecule has 1 heterocycles. The van der Waals surface area contributed by atoms with Crippen LogP contribution in [0, 0.1) is 0 Å². The van der Waals surface area contributed by atoms with Gasteiger partial charge in [-0.2, -0.15) is 0 Å². The van der Waals surface area contributed by atoms with Crippen molar-refractivity contribution in [1.29, 1.82) is 0 Å². The zero-order valence-corrected chi connectivity index (χ0v) is 28.0. The molecule has 0 aliphatic heterocycles. The number of aromatic amines is 1. The van der Waals surface area contributed by atoms with E-state index in [-0.39, 0.29) is 32.2 Å². The first-order chi connectivity index (χ1) is 24.6. The Hall–Kier alpha value is -6.09. The number of hydrogen-bond donors (Lipinski definition) is 12. The van der Waals surface area contributed by atoms with Gasteiger partial charge in [-0.3, -0.25) is 38.4 Å². The number of rotatable bonds is 23. The number of aliphatic carboxylic acids is 2. The average Bonchev–Trinajstić information content (AvgIpc) is 3.48. The summed E-state index contributed by atoms with van der Waals surface area (Å²) < 4.78 is 0. The van der Waals surface area contributed by atoms with Gasteiger partial charge in [0.15, 0.2) is 0 Å². The smallest absolute Gasteiger partial charge is 0.326 e. The maximum atomic E-state index is 13.3. The zero-order valence-electron chi connectivity index (χ0n) is 28.0. The van der Waals surface area contributed by atoms with Crippen molar-refractivity contribution in [3.8, 4) is 0 Å². The van der Waals surface area contributed by atoms with Gasteiger partial charge in [0.2, 0.25) is 41.9 Å². The van der Waals surface area contributed by atoms with E-state index in [1.165, 1.54) is 0 Å². The molecule has 21 nitrogen and oxygen atoms in total. The number of para-hydroxylation sites is 1. The fourth-order valence-electron chi connectivity index (χ4n) is 4.93. The van der Waals surface area contributed by atoms with Gasteiger partial charge in [0.1, 0.15) is 30.2 Å². The number of hydrogen-bond acceptors (Lipinski definition) is 11. The number of aliphatic hydroxyl groups excluding tert-OH is 1. The van der Waals surface area contributed by atoms with E-state index in [0.29, 0.717) is 5.56 Å². The molecule has 7 amide bonds. The predicted molar refractivity (Wildman–Crippen MR) is 179 cm³/mol. The summed E-state index contributed by atoms with van der Waals surface area (Å²) in [6.45, 7) is 0.483. The number of primary amides is 1. The molecule has 0 radical (unpaired) electrons. The third-order valence-electron chi connectivity index (χ3n) is 7.55. The monoisotopic (exact) mass is 733 g/mol. The molecule has 6 unspecified atom stereocenters. The highest BCUT2D eigenvalue weighted by molar-refractivity contribution is 5.98. The minimum atomic E-state index is -1.94. The van der Waals surface area contributed by atoms with Gasteiger partial charge in [-0.05, 0) is 37.9 Å². The molecule has 0 fully saturated rings. The largest absolute Gasteiger partial charge is 0.481 e. The van der Waals surface area contributed by atoms with Gasteiger partial charge in [-0.15, -0.1) is 0 Å². The topological polar surface area (TPSA) is 354 Å². The van der Waals surface area contributed by atoms with Gasteiger partial charge in [0.25, 0.3) is 0 Å². The van der Waals surface area contributed by atoms with Crippen LogP contribution < -0.4 is 43.4 Å². The number of aromatic nitrogens is 1.